The summed E-state index contributed by atoms with van der Waals surface area (Å²) in [6, 6.07) is 0. The zero-order valence-electron chi connectivity index (χ0n) is 13.2. The molecule has 1 aliphatic rings. The molecule has 0 heterocycles. The van der Waals surface area contributed by atoms with Crippen LogP contribution in [0.5, 0.6) is 0 Å². The third-order valence-corrected chi connectivity index (χ3v) is 5.22. The fraction of sp³-hybridized carbons (Fsp3) is 0.938. The maximum Gasteiger partial charge on any atom is 0.219 e. The number of rotatable bonds is 7. The van der Waals surface area contributed by atoms with Gasteiger partial charge in [0.25, 0.3) is 0 Å². The normalized spacial score (nSPS) is 28.3. The van der Waals surface area contributed by atoms with Gasteiger partial charge in [-0.1, -0.05) is 34.1 Å². The Hall–Kier alpha value is -0.570. The second-order valence-corrected chi connectivity index (χ2v) is 6.97. The van der Waals surface area contributed by atoms with E-state index in [0.29, 0.717) is 11.8 Å². The van der Waals surface area contributed by atoms with Crippen LogP contribution < -0.4 is 11.1 Å². The maximum absolute atomic E-state index is 11.4. The number of carbonyl (C=O) groups is 1. The number of primary amides is 1. The minimum absolute atomic E-state index is 0.0256. The summed E-state index contributed by atoms with van der Waals surface area (Å²) < 4.78 is 0. The number of hydrogen-bond acceptors (Lipinski definition) is 2. The molecule has 1 fully saturated rings. The van der Waals surface area contributed by atoms with Gasteiger partial charge in [-0.15, -0.1) is 0 Å². The van der Waals surface area contributed by atoms with Crippen LogP contribution in [0, 0.1) is 11.3 Å². The Morgan fingerprint density at radius 3 is 2.32 bits per heavy atom. The van der Waals surface area contributed by atoms with Gasteiger partial charge in [0, 0.05) is 12.0 Å². The van der Waals surface area contributed by atoms with Crippen LogP contribution >= 0.6 is 0 Å². The molecule has 1 aliphatic carbocycles. The fourth-order valence-corrected chi connectivity index (χ4v) is 3.38. The lowest BCUT2D eigenvalue weighted by Gasteiger charge is -2.45. The zero-order chi connectivity index (χ0) is 14.5. The minimum Gasteiger partial charge on any atom is -0.370 e. The molecule has 0 aliphatic heterocycles. The number of amides is 1. The summed E-state index contributed by atoms with van der Waals surface area (Å²) in [5, 5.41) is 3.61. The topological polar surface area (TPSA) is 55.1 Å². The fourth-order valence-electron chi connectivity index (χ4n) is 3.38. The molecule has 0 spiro atoms. The summed E-state index contributed by atoms with van der Waals surface area (Å²) in [5.74, 6) is 0.610. The Bertz CT molecular complexity index is 291. The minimum atomic E-state index is -0.170. The molecule has 3 nitrogen and oxygen atoms in total. The second kappa shape index (κ2) is 6.74. The first-order chi connectivity index (χ1) is 8.85. The molecule has 0 aromatic carbocycles. The van der Waals surface area contributed by atoms with E-state index >= 15 is 0 Å². The highest BCUT2D eigenvalue weighted by Gasteiger charge is 2.39. The standard InChI is InChI=1S/C16H32N2O/c1-5-11-18-16(12-14(17)19)9-7-13(8-10-16)15(3,4)6-2/h13,18H,5-12H2,1-4H3,(H2,17,19). The highest BCUT2D eigenvalue weighted by atomic mass is 16.1. The van der Waals surface area contributed by atoms with Crippen molar-refractivity contribution in [2.45, 2.75) is 78.2 Å². The number of carbonyl (C=O) groups excluding carboxylic acids is 1. The molecule has 19 heavy (non-hydrogen) atoms. The highest BCUT2D eigenvalue weighted by molar-refractivity contribution is 5.75. The third-order valence-electron chi connectivity index (χ3n) is 5.22. The molecule has 3 N–H and O–H groups in total. The van der Waals surface area contributed by atoms with Gasteiger partial charge in [0.2, 0.25) is 5.91 Å². The molecule has 0 bridgehead atoms. The molecule has 0 aromatic heterocycles. The second-order valence-electron chi connectivity index (χ2n) is 6.97. The summed E-state index contributed by atoms with van der Waals surface area (Å²) in [7, 11) is 0. The lowest BCUT2D eigenvalue weighted by Crippen LogP contribution is -2.51. The largest absolute Gasteiger partial charge is 0.370 e. The van der Waals surface area contributed by atoms with Gasteiger partial charge >= 0.3 is 0 Å². The van der Waals surface area contributed by atoms with Crippen LogP contribution in [0.2, 0.25) is 0 Å². The van der Waals surface area contributed by atoms with Gasteiger partial charge in [-0.05, 0) is 50.0 Å². The molecule has 0 unspecified atom stereocenters. The van der Waals surface area contributed by atoms with Crippen LogP contribution in [-0.2, 0) is 4.79 Å². The maximum atomic E-state index is 11.4. The summed E-state index contributed by atoms with van der Waals surface area (Å²) in [6.07, 6.45) is 7.42. The predicted octanol–water partition coefficient (Wildman–Crippen LogP) is 3.23. The molecule has 1 saturated carbocycles. The number of nitrogens with two attached hydrogens (primary N) is 1. The zero-order valence-corrected chi connectivity index (χ0v) is 13.2. The van der Waals surface area contributed by atoms with Crippen molar-refractivity contribution in [2.24, 2.45) is 17.1 Å². The van der Waals surface area contributed by atoms with Crippen molar-refractivity contribution in [3.63, 3.8) is 0 Å². The van der Waals surface area contributed by atoms with Gasteiger partial charge in [0.1, 0.15) is 0 Å². The smallest absolute Gasteiger partial charge is 0.219 e. The summed E-state index contributed by atoms with van der Waals surface area (Å²) in [5.41, 5.74) is 5.84. The van der Waals surface area contributed by atoms with Gasteiger partial charge in [-0.3, -0.25) is 4.79 Å². The van der Waals surface area contributed by atoms with E-state index in [4.69, 9.17) is 5.73 Å². The average molecular weight is 268 g/mol. The van der Waals surface area contributed by atoms with E-state index < -0.39 is 0 Å². The van der Waals surface area contributed by atoms with Crippen LogP contribution in [0.1, 0.15) is 72.6 Å². The Labute approximate surface area is 118 Å². The van der Waals surface area contributed by atoms with Gasteiger partial charge < -0.3 is 11.1 Å². The first-order valence-corrected chi connectivity index (χ1v) is 7.88. The first kappa shape index (κ1) is 16.5. The van der Waals surface area contributed by atoms with E-state index in [1.807, 2.05) is 0 Å². The molecule has 112 valence electrons. The molecular formula is C16H32N2O. The van der Waals surface area contributed by atoms with Crippen molar-refractivity contribution < 1.29 is 4.79 Å². The summed E-state index contributed by atoms with van der Waals surface area (Å²) >= 11 is 0. The van der Waals surface area contributed by atoms with E-state index in [0.717, 1.165) is 31.7 Å². The summed E-state index contributed by atoms with van der Waals surface area (Å²) in [6.45, 7) is 10.2. The molecule has 0 aromatic rings. The average Bonchev–Trinajstić information content (AvgIpc) is 2.36. The van der Waals surface area contributed by atoms with Crippen molar-refractivity contribution in [1.82, 2.24) is 5.32 Å². The Morgan fingerprint density at radius 2 is 1.89 bits per heavy atom. The van der Waals surface area contributed by atoms with Gasteiger partial charge in [-0.25, -0.2) is 0 Å². The van der Waals surface area contributed by atoms with Crippen LogP contribution in [0.15, 0.2) is 0 Å². The van der Waals surface area contributed by atoms with E-state index in [1.165, 1.54) is 19.3 Å². The molecular weight excluding hydrogens is 236 g/mol. The van der Waals surface area contributed by atoms with Crippen LogP contribution in [0.3, 0.4) is 0 Å². The Balaban J connectivity index is 2.65. The highest BCUT2D eigenvalue weighted by Crippen LogP contribution is 2.44. The first-order valence-electron chi connectivity index (χ1n) is 7.88. The molecule has 0 radical (unpaired) electrons. The van der Waals surface area contributed by atoms with Crippen molar-refractivity contribution in [3.8, 4) is 0 Å². The predicted molar refractivity (Wildman–Crippen MR) is 80.9 cm³/mol. The van der Waals surface area contributed by atoms with E-state index in [9.17, 15) is 4.79 Å². The van der Waals surface area contributed by atoms with Gasteiger partial charge in [0.05, 0.1) is 0 Å². The molecule has 3 heteroatoms. The number of nitrogens with one attached hydrogen (secondary N) is 1. The third kappa shape index (κ3) is 4.48. The van der Waals surface area contributed by atoms with Crippen LogP contribution in [-0.4, -0.2) is 18.0 Å². The van der Waals surface area contributed by atoms with Crippen molar-refractivity contribution in [1.29, 1.82) is 0 Å². The lowest BCUT2D eigenvalue weighted by atomic mass is 9.65. The van der Waals surface area contributed by atoms with Crippen molar-refractivity contribution in [2.75, 3.05) is 6.54 Å². The van der Waals surface area contributed by atoms with E-state index in [1.54, 1.807) is 0 Å². The molecule has 0 saturated heterocycles. The van der Waals surface area contributed by atoms with Crippen molar-refractivity contribution in [3.05, 3.63) is 0 Å². The molecule has 0 atom stereocenters. The molecule has 1 amide bonds. The van der Waals surface area contributed by atoms with Gasteiger partial charge in [-0.2, -0.15) is 0 Å². The van der Waals surface area contributed by atoms with Gasteiger partial charge in [0.15, 0.2) is 0 Å². The quantitative estimate of drug-likeness (QED) is 0.745. The SMILES string of the molecule is CCCNC1(CC(N)=O)CCC(C(C)(C)CC)CC1. The Morgan fingerprint density at radius 1 is 1.32 bits per heavy atom. The van der Waals surface area contributed by atoms with E-state index in [2.05, 4.69) is 33.0 Å². The van der Waals surface area contributed by atoms with Crippen LogP contribution in [0.25, 0.3) is 0 Å². The monoisotopic (exact) mass is 268 g/mol. The summed E-state index contributed by atoms with van der Waals surface area (Å²) in [4.78, 5) is 11.4. The number of hydrogen-bond donors (Lipinski definition) is 2. The lowest BCUT2D eigenvalue weighted by molar-refractivity contribution is -0.120. The van der Waals surface area contributed by atoms with E-state index in [-0.39, 0.29) is 11.4 Å². The van der Waals surface area contributed by atoms with Crippen molar-refractivity contribution >= 4 is 5.91 Å². The van der Waals surface area contributed by atoms with Crippen LogP contribution in [0.4, 0.5) is 0 Å². The molecule has 1 rings (SSSR count). The Kier molecular flexibility index (Phi) is 5.84.